The molecule has 0 saturated carbocycles. The highest BCUT2D eigenvalue weighted by atomic mass is 16.5. The summed E-state index contributed by atoms with van der Waals surface area (Å²) in [6.07, 6.45) is 1.95. The van der Waals surface area contributed by atoms with E-state index in [9.17, 15) is 14.4 Å². The van der Waals surface area contributed by atoms with Crippen LogP contribution >= 0.6 is 0 Å². The van der Waals surface area contributed by atoms with Gasteiger partial charge in [0.05, 0.1) is 13.7 Å². The Morgan fingerprint density at radius 1 is 0.815 bits per heavy atom. The number of rotatable bonds is 10. The average Bonchev–Trinajstić information content (AvgIpc) is 2.57. The third kappa shape index (κ3) is 36.3. The second kappa shape index (κ2) is 20.9. The van der Waals surface area contributed by atoms with E-state index < -0.39 is 0 Å². The molecule has 6 nitrogen and oxygen atoms in total. The molecule has 0 unspecified atom stereocenters. The Hall–Kier alpha value is -1.43. The summed E-state index contributed by atoms with van der Waals surface area (Å²) in [7, 11) is 1.42. The fraction of sp³-hybridized carbons (Fsp3) is 0.857. The first-order valence-corrected chi connectivity index (χ1v) is 9.75. The molecule has 0 radical (unpaired) electrons. The Morgan fingerprint density at radius 2 is 1.33 bits per heavy atom. The number of esters is 2. The number of hydrogen-bond donors (Lipinski definition) is 0. The lowest BCUT2D eigenvalue weighted by Crippen LogP contribution is -2.08. The molecule has 0 aromatic rings. The molecule has 0 amide bonds. The van der Waals surface area contributed by atoms with E-state index in [-0.39, 0.29) is 24.3 Å². The molecule has 0 spiro atoms. The van der Waals surface area contributed by atoms with Gasteiger partial charge >= 0.3 is 11.9 Å². The van der Waals surface area contributed by atoms with Crippen molar-refractivity contribution in [3.63, 3.8) is 0 Å². The molecular formula is C21H42O6. The van der Waals surface area contributed by atoms with E-state index in [1.54, 1.807) is 6.92 Å². The number of carbonyl (C=O) groups excluding carboxylic acids is 3. The minimum absolute atomic E-state index is 0.0932. The summed E-state index contributed by atoms with van der Waals surface area (Å²) in [5, 5.41) is 0. The van der Waals surface area contributed by atoms with Gasteiger partial charge in [-0.2, -0.15) is 0 Å². The molecule has 0 atom stereocenters. The van der Waals surface area contributed by atoms with Crippen LogP contribution in [0.5, 0.6) is 0 Å². The first-order valence-electron chi connectivity index (χ1n) is 9.75. The van der Waals surface area contributed by atoms with Crippen LogP contribution in [0.15, 0.2) is 0 Å². The van der Waals surface area contributed by atoms with Crippen LogP contribution < -0.4 is 0 Å². The molecule has 162 valence electrons. The maximum absolute atomic E-state index is 10.5. The van der Waals surface area contributed by atoms with Gasteiger partial charge in [-0.3, -0.25) is 14.4 Å². The lowest BCUT2D eigenvalue weighted by molar-refractivity contribution is -0.144. The van der Waals surface area contributed by atoms with Crippen molar-refractivity contribution in [1.82, 2.24) is 0 Å². The summed E-state index contributed by atoms with van der Waals surface area (Å²) >= 11 is 0. The summed E-state index contributed by atoms with van der Waals surface area (Å²) in [5.41, 5.74) is 0. The van der Waals surface area contributed by atoms with Crippen LogP contribution in [0.25, 0.3) is 0 Å². The topological polar surface area (TPSA) is 78.9 Å². The van der Waals surface area contributed by atoms with Crippen molar-refractivity contribution in [2.75, 3.05) is 26.9 Å². The van der Waals surface area contributed by atoms with Crippen LogP contribution in [0.2, 0.25) is 0 Å². The smallest absolute Gasteiger partial charge is 0.305 e. The quantitative estimate of drug-likeness (QED) is 0.513. The van der Waals surface area contributed by atoms with Gasteiger partial charge in [0.2, 0.25) is 0 Å². The first-order chi connectivity index (χ1) is 12.5. The van der Waals surface area contributed by atoms with Crippen molar-refractivity contribution >= 4 is 17.7 Å². The molecule has 0 rings (SSSR count). The lowest BCUT2D eigenvalue weighted by atomic mass is 10.1. The highest BCUT2D eigenvalue weighted by Gasteiger charge is 2.01. The number of methoxy groups -OCH3 is 1. The molecule has 0 saturated heterocycles. The molecule has 0 fully saturated rings. The van der Waals surface area contributed by atoms with Gasteiger partial charge in [-0.25, -0.2) is 0 Å². The van der Waals surface area contributed by atoms with Crippen LogP contribution in [0.3, 0.4) is 0 Å². The van der Waals surface area contributed by atoms with Crippen LogP contribution in [0, 0.1) is 17.8 Å². The largest absolute Gasteiger partial charge is 0.469 e. The van der Waals surface area contributed by atoms with Crippen LogP contribution in [-0.2, 0) is 28.6 Å². The van der Waals surface area contributed by atoms with Crippen LogP contribution in [-0.4, -0.2) is 44.7 Å². The molecule has 0 N–H and O–H groups in total. The van der Waals surface area contributed by atoms with Gasteiger partial charge in [0.25, 0.3) is 0 Å². The second-order valence-corrected chi connectivity index (χ2v) is 7.55. The van der Waals surface area contributed by atoms with Gasteiger partial charge in [0, 0.05) is 19.4 Å². The summed E-state index contributed by atoms with van der Waals surface area (Å²) in [6, 6.07) is 0. The fourth-order valence-corrected chi connectivity index (χ4v) is 1.31. The minimum Gasteiger partial charge on any atom is -0.469 e. The SMILES string of the molecule is CC(=O)COCC(C)C.CCC(=O)OCC(C)C.COC(=O)CCC(C)C. The fourth-order valence-electron chi connectivity index (χ4n) is 1.31. The van der Waals surface area contributed by atoms with Crippen molar-refractivity contribution in [3.05, 3.63) is 0 Å². The third-order valence-corrected chi connectivity index (χ3v) is 2.78. The van der Waals surface area contributed by atoms with Crippen molar-refractivity contribution in [1.29, 1.82) is 0 Å². The zero-order valence-electron chi connectivity index (χ0n) is 18.9. The highest BCUT2D eigenvalue weighted by Crippen LogP contribution is 2.03. The van der Waals surface area contributed by atoms with Gasteiger partial charge in [-0.15, -0.1) is 0 Å². The molecule has 0 aliphatic carbocycles. The van der Waals surface area contributed by atoms with Gasteiger partial charge in [0.15, 0.2) is 5.78 Å². The molecule has 6 heteroatoms. The van der Waals surface area contributed by atoms with Gasteiger partial charge in [-0.1, -0.05) is 48.5 Å². The molecule has 27 heavy (non-hydrogen) atoms. The maximum atomic E-state index is 10.5. The summed E-state index contributed by atoms with van der Waals surface area (Å²) < 4.78 is 14.3. The monoisotopic (exact) mass is 390 g/mol. The van der Waals surface area contributed by atoms with Crippen LogP contribution in [0.1, 0.15) is 74.7 Å². The molecule has 0 bridgehead atoms. The highest BCUT2D eigenvalue weighted by molar-refractivity contribution is 5.76. The summed E-state index contributed by atoms with van der Waals surface area (Å²) in [5.74, 6) is 1.43. The van der Waals surface area contributed by atoms with E-state index in [1.807, 2.05) is 13.8 Å². The van der Waals surface area contributed by atoms with Crippen molar-refractivity contribution in [2.45, 2.75) is 74.7 Å². The zero-order valence-corrected chi connectivity index (χ0v) is 18.9. The lowest BCUT2D eigenvalue weighted by Gasteiger charge is -2.04. The zero-order chi connectivity index (χ0) is 21.8. The molecule has 0 aliphatic rings. The van der Waals surface area contributed by atoms with E-state index >= 15 is 0 Å². The predicted molar refractivity (Wildman–Crippen MR) is 109 cm³/mol. The maximum Gasteiger partial charge on any atom is 0.305 e. The Morgan fingerprint density at radius 3 is 1.67 bits per heavy atom. The molecule has 0 aromatic heterocycles. The van der Waals surface area contributed by atoms with Crippen LogP contribution in [0.4, 0.5) is 0 Å². The molecule has 0 aromatic carbocycles. The number of ketones is 1. The Labute approximate surface area is 166 Å². The van der Waals surface area contributed by atoms with E-state index in [4.69, 9.17) is 9.47 Å². The van der Waals surface area contributed by atoms with E-state index in [0.717, 1.165) is 6.42 Å². The minimum atomic E-state index is -0.108. The van der Waals surface area contributed by atoms with Gasteiger partial charge in [-0.05, 0) is 31.1 Å². The Balaban J connectivity index is -0.000000320. The van der Waals surface area contributed by atoms with Crippen molar-refractivity contribution < 1.29 is 28.6 Å². The number of carbonyl (C=O) groups is 3. The predicted octanol–water partition coefficient (Wildman–Crippen LogP) is 4.44. The van der Waals surface area contributed by atoms with Gasteiger partial charge in [0.1, 0.15) is 6.61 Å². The number of hydrogen-bond acceptors (Lipinski definition) is 6. The first kappa shape index (κ1) is 30.3. The third-order valence-electron chi connectivity index (χ3n) is 2.78. The van der Waals surface area contributed by atoms with E-state index in [0.29, 0.717) is 43.8 Å². The average molecular weight is 391 g/mol. The Bertz CT molecular complexity index is 351. The van der Waals surface area contributed by atoms with Crippen molar-refractivity contribution in [2.24, 2.45) is 17.8 Å². The van der Waals surface area contributed by atoms with Gasteiger partial charge < -0.3 is 14.2 Å². The molecule has 0 heterocycles. The second-order valence-electron chi connectivity index (χ2n) is 7.55. The standard InChI is InChI=1S/3C7H14O2/c1-6(2)4-9-5-7(3)8;1-6(2)4-5-7(8)9-3;1-4-7(8)9-5-6(2)3/h3*6H,4-5H2,1-3H3. The Kier molecular flexibility index (Phi) is 23.4. The molecule has 0 aliphatic heterocycles. The van der Waals surface area contributed by atoms with E-state index in [1.165, 1.54) is 14.0 Å². The summed E-state index contributed by atoms with van der Waals surface area (Å²) in [6.45, 7) is 17.1. The summed E-state index contributed by atoms with van der Waals surface area (Å²) in [4.78, 5) is 31.3. The number of ether oxygens (including phenoxy) is 3. The molecular weight excluding hydrogens is 348 g/mol. The number of Topliss-reactive ketones (excluding diaryl/α,β-unsaturated/α-hetero) is 1. The van der Waals surface area contributed by atoms with Crippen molar-refractivity contribution in [3.8, 4) is 0 Å². The van der Waals surface area contributed by atoms with E-state index in [2.05, 4.69) is 32.4 Å². The normalized spacial score (nSPS) is 9.93.